The van der Waals surface area contributed by atoms with Gasteiger partial charge >= 0.3 is 11.9 Å². The first-order valence-corrected chi connectivity index (χ1v) is 6.92. The molecule has 1 aliphatic carbocycles. The van der Waals surface area contributed by atoms with Gasteiger partial charge in [0.05, 0.1) is 19.6 Å². The van der Waals surface area contributed by atoms with Crippen molar-refractivity contribution in [3.05, 3.63) is 35.4 Å². The van der Waals surface area contributed by atoms with Crippen molar-refractivity contribution in [2.24, 2.45) is 5.92 Å². The van der Waals surface area contributed by atoms with Crippen LogP contribution >= 0.6 is 0 Å². The van der Waals surface area contributed by atoms with Crippen molar-refractivity contribution in [3.63, 3.8) is 0 Å². The van der Waals surface area contributed by atoms with Gasteiger partial charge in [0.2, 0.25) is 0 Å². The number of fused-ring (bicyclic) bond motifs is 3. The highest BCUT2D eigenvalue weighted by atomic mass is 16.5. The van der Waals surface area contributed by atoms with Crippen LogP contribution in [0.25, 0.3) is 0 Å². The second kappa shape index (κ2) is 5.24. The number of benzene rings is 1. The van der Waals surface area contributed by atoms with Crippen LogP contribution < -0.4 is 9.47 Å². The highest BCUT2D eigenvalue weighted by Gasteiger charge is 2.44. The fraction of sp³-hybridized carbons (Fsp3) is 0.375. The lowest BCUT2D eigenvalue weighted by atomic mass is 9.82. The van der Waals surface area contributed by atoms with E-state index in [9.17, 15) is 9.59 Å². The Labute approximate surface area is 122 Å². The molecule has 5 heteroatoms. The van der Waals surface area contributed by atoms with E-state index in [0.29, 0.717) is 30.1 Å². The summed E-state index contributed by atoms with van der Waals surface area (Å²) in [6, 6.07) is 5.25. The highest BCUT2D eigenvalue weighted by Crippen LogP contribution is 2.48. The Hall–Kier alpha value is -2.30. The summed E-state index contributed by atoms with van der Waals surface area (Å²) in [7, 11) is 1.57. The van der Waals surface area contributed by atoms with E-state index in [1.165, 1.54) is 0 Å². The lowest BCUT2D eigenvalue weighted by Gasteiger charge is -2.27. The minimum atomic E-state index is -0.385. The minimum absolute atomic E-state index is 0.280. The molecule has 110 valence electrons. The molecule has 1 heterocycles. The van der Waals surface area contributed by atoms with Gasteiger partial charge in [-0.1, -0.05) is 6.08 Å². The van der Waals surface area contributed by atoms with Crippen LogP contribution in [-0.2, 0) is 14.3 Å². The average molecular weight is 288 g/mol. The van der Waals surface area contributed by atoms with Gasteiger partial charge in [-0.05, 0) is 31.5 Å². The summed E-state index contributed by atoms with van der Waals surface area (Å²) in [5.41, 5.74) is 1.34. The van der Waals surface area contributed by atoms with Crippen LogP contribution in [0.2, 0.25) is 0 Å². The molecule has 0 N–H and O–H groups in total. The van der Waals surface area contributed by atoms with Crippen LogP contribution in [0.4, 0.5) is 0 Å². The van der Waals surface area contributed by atoms with Gasteiger partial charge in [0.15, 0.2) is 0 Å². The molecule has 0 unspecified atom stereocenters. The monoisotopic (exact) mass is 288 g/mol. The Bertz CT molecular complexity index is 632. The molecule has 21 heavy (non-hydrogen) atoms. The van der Waals surface area contributed by atoms with Gasteiger partial charge in [0.25, 0.3) is 0 Å². The van der Waals surface area contributed by atoms with Gasteiger partial charge in [-0.15, -0.1) is 0 Å². The first-order valence-electron chi connectivity index (χ1n) is 6.92. The van der Waals surface area contributed by atoms with Crippen molar-refractivity contribution in [1.82, 2.24) is 0 Å². The summed E-state index contributed by atoms with van der Waals surface area (Å²) in [6.07, 6.45) is 2.27. The zero-order chi connectivity index (χ0) is 15.0. The summed E-state index contributed by atoms with van der Waals surface area (Å²) >= 11 is 0. The van der Waals surface area contributed by atoms with Crippen molar-refractivity contribution in [1.29, 1.82) is 0 Å². The lowest BCUT2D eigenvalue weighted by Crippen LogP contribution is -2.29. The molecular formula is C16H16O5. The van der Waals surface area contributed by atoms with Crippen LogP contribution in [0.1, 0.15) is 24.8 Å². The number of rotatable bonds is 3. The predicted octanol–water partition coefficient (Wildman–Crippen LogP) is 2.21. The number of carbonyl (C=O) groups excluding carboxylic acids is 2. The van der Waals surface area contributed by atoms with E-state index in [1.54, 1.807) is 32.2 Å². The van der Waals surface area contributed by atoms with E-state index in [4.69, 9.17) is 14.2 Å². The van der Waals surface area contributed by atoms with E-state index < -0.39 is 0 Å². The van der Waals surface area contributed by atoms with E-state index in [0.717, 1.165) is 5.56 Å². The SMILES string of the molecule is CCOC(=O)[C@H]1CC=C2C(=O)Oc3ccc(OC)cc3[C@@H]21. The summed E-state index contributed by atoms with van der Waals surface area (Å²) in [6.45, 7) is 2.10. The Morgan fingerprint density at radius 2 is 2.24 bits per heavy atom. The maximum atomic E-state index is 12.1. The minimum Gasteiger partial charge on any atom is -0.497 e. The number of allylic oxidation sites excluding steroid dienone is 1. The quantitative estimate of drug-likeness (QED) is 0.630. The van der Waals surface area contributed by atoms with Gasteiger partial charge in [0, 0.05) is 17.1 Å². The molecule has 0 fully saturated rings. The van der Waals surface area contributed by atoms with Crippen LogP contribution in [0.5, 0.6) is 11.5 Å². The number of methoxy groups -OCH3 is 1. The number of carbonyl (C=O) groups is 2. The van der Waals surface area contributed by atoms with Gasteiger partial charge in [-0.2, -0.15) is 0 Å². The zero-order valence-electron chi connectivity index (χ0n) is 11.9. The molecule has 0 aromatic heterocycles. The van der Waals surface area contributed by atoms with Crippen LogP contribution in [-0.4, -0.2) is 25.7 Å². The van der Waals surface area contributed by atoms with Crippen LogP contribution in [0.15, 0.2) is 29.8 Å². The Morgan fingerprint density at radius 3 is 2.95 bits per heavy atom. The standard InChI is InChI=1S/C16H16O5/c1-3-20-15(17)10-5-6-11-14(10)12-8-9(19-2)4-7-13(12)21-16(11)18/h4,6-8,10,14H,3,5H2,1-2H3/t10-,14+/m0/s1. The third-order valence-corrected chi connectivity index (χ3v) is 3.91. The summed E-state index contributed by atoms with van der Waals surface area (Å²) < 4.78 is 15.7. The van der Waals surface area contributed by atoms with Crippen LogP contribution in [0, 0.1) is 5.92 Å². The molecule has 0 bridgehead atoms. The van der Waals surface area contributed by atoms with Crippen molar-refractivity contribution in [2.75, 3.05) is 13.7 Å². The third-order valence-electron chi connectivity index (χ3n) is 3.91. The topological polar surface area (TPSA) is 61.8 Å². The van der Waals surface area contributed by atoms with Gasteiger partial charge in [0.1, 0.15) is 11.5 Å². The fourth-order valence-corrected chi connectivity index (χ4v) is 2.96. The van der Waals surface area contributed by atoms with E-state index >= 15 is 0 Å². The summed E-state index contributed by atoms with van der Waals surface area (Å²) in [5, 5.41) is 0. The molecule has 1 aliphatic heterocycles. The van der Waals surface area contributed by atoms with Gasteiger partial charge < -0.3 is 14.2 Å². The lowest BCUT2D eigenvalue weighted by molar-refractivity contribution is -0.148. The first-order chi connectivity index (χ1) is 10.2. The Balaban J connectivity index is 2.04. The molecule has 0 saturated heterocycles. The summed E-state index contributed by atoms with van der Waals surface area (Å²) in [5.74, 6) is -0.199. The molecule has 5 nitrogen and oxygen atoms in total. The second-order valence-corrected chi connectivity index (χ2v) is 5.02. The van der Waals surface area contributed by atoms with Gasteiger partial charge in [-0.3, -0.25) is 4.79 Å². The van der Waals surface area contributed by atoms with Crippen molar-refractivity contribution >= 4 is 11.9 Å². The molecule has 1 aromatic rings. The normalized spacial score (nSPS) is 22.8. The Kier molecular flexibility index (Phi) is 3.41. The molecule has 3 rings (SSSR count). The zero-order valence-corrected chi connectivity index (χ0v) is 11.9. The molecule has 0 saturated carbocycles. The highest BCUT2D eigenvalue weighted by molar-refractivity contribution is 5.97. The maximum Gasteiger partial charge on any atom is 0.339 e. The van der Waals surface area contributed by atoms with Gasteiger partial charge in [-0.25, -0.2) is 4.79 Å². The number of hydrogen-bond acceptors (Lipinski definition) is 5. The molecule has 0 amide bonds. The van der Waals surface area contributed by atoms with Crippen molar-refractivity contribution < 1.29 is 23.8 Å². The number of esters is 2. The third kappa shape index (κ3) is 2.18. The average Bonchev–Trinajstić information content (AvgIpc) is 2.93. The Morgan fingerprint density at radius 1 is 1.43 bits per heavy atom. The van der Waals surface area contributed by atoms with E-state index in [-0.39, 0.29) is 23.8 Å². The smallest absolute Gasteiger partial charge is 0.339 e. The van der Waals surface area contributed by atoms with Crippen LogP contribution in [0.3, 0.4) is 0 Å². The summed E-state index contributed by atoms with van der Waals surface area (Å²) in [4.78, 5) is 24.2. The molecule has 2 aliphatic rings. The number of hydrogen-bond donors (Lipinski definition) is 0. The van der Waals surface area contributed by atoms with E-state index in [2.05, 4.69) is 0 Å². The maximum absolute atomic E-state index is 12.1. The molecule has 0 spiro atoms. The molecule has 1 aromatic carbocycles. The second-order valence-electron chi connectivity index (χ2n) is 5.02. The predicted molar refractivity (Wildman–Crippen MR) is 74.2 cm³/mol. The number of ether oxygens (including phenoxy) is 3. The van der Waals surface area contributed by atoms with Crippen molar-refractivity contribution in [3.8, 4) is 11.5 Å². The molecular weight excluding hydrogens is 272 g/mol. The molecule has 0 radical (unpaired) electrons. The van der Waals surface area contributed by atoms with E-state index in [1.807, 2.05) is 6.07 Å². The van der Waals surface area contributed by atoms with Crippen molar-refractivity contribution in [2.45, 2.75) is 19.3 Å². The largest absolute Gasteiger partial charge is 0.497 e. The first kappa shape index (κ1) is 13.7. The fourth-order valence-electron chi connectivity index (χ4n) is 2.96. The molecule has 2 atom stereocenters.